The number of para-hydroxylation sites is 1. The van der Waals surface area contributed by atoms with Crippen molar-refractivity contribution >= 4 is 27.5 Å². The van der Waals surface area contributed by atoms with Gasteiger partial charge in [-0.3, -0.25) is 9.78 Å². The van der Waals surface area contributed by atoms with E-state index in [1.807, 2.05) is 41.3 Å². The molecule has 0 spiro atoms. The topological polar surface area (TPSA) is 46.1 Å². The molecule has 5 heteroatoms. The number of thiazole rings is 1. The summed E-state index contributed by atoms with van der Waals surface area (Å²) in [5.41, 5.74) is 2.31. The summed E-state index contributed by atoms with van der Waals surface area (Å²) in [4.78, 5) is 23.9. The molecule has 0 saturated carbocycles. The van der Waals surface area contributed by atoms with Gasteiger partial charge in [0.05, 0.1) is 15.8 Å². The number of nitrogens with zero attached hydrogens (tertiary/aromatic N) is 3. The van der Waals surface area contributed by atoms with Gasteiger partial charge in [0.25, 0.3) is 5.91 Å². The second kappa shape index (κ2) is 6.08. The lowest BCUT2D eigenvalue weighted by Crippen LogP contribution is -2.35. The minimum absolute atomic E-state index is 0.0760. The third-order valence-electron chi connectivity index (χ3n) is 4.18. The first-order chi connectivity index (χ1) is 11.3. The monoisotopic (exact) mass is 323 g/mol. The Morgan fingerprint density at radius 2 is 1.87 bits per heavy atom. The van der Waals surface area contributed by atoms with Crippen molar-refractivity contribution in [3.05, 3.63) is 48.2 Å². The minimum Gasteiger partial charge on any atom is -0.339 e. The summed E-state index contributed by atoms with van der Waals surface area (Å²) in [5.74, 6) is 0.0760. The van der Waals surface area contributed by atoms with Crippen LogP contribution in [0.15, 0.2) is 42.6 Å². The molecular formula is C18H17N3OS. The summed E-state index contributed by atoms with van der Waals surface area (Å²) >= 11 is 1.58. The molecule has 0 atom stereocenters. The van der Waals surface area contributed by atoms with Crippen LogP contribution in [-0.2, 0) is 0 Å². The number of hydrogen-bond acceptors (Lipinski definition) is 4. The number of carbonyl (C=O) groups is 1. The Bertz CT molecular complexity index is 819. The van der Waals surface area contributed by atoms with Crippen molar-refractivity contribution < 1.29 is 4.79 Å². The molecule has 23 heavy (non-hydrogen) atoms. The highest BCUT2D eigenvalue weighted by Crippen LogP contribution is 2.31. The highest BCUT2D eigenvalue weighted by atomic mass is 32.1. The zero-order valence-corrected chi connectivity index (χ0v) is 13.6. The largest absolute Gasteiger partial charge is 0.339 e. The third kappa shape index (κ3) is 2.72. The van der Waals surface area contributed by atoms with Gasteiger partial charge in [0, 0.05) is 19.3 Å². The Balaban J connectivity index is 1.75. The van der Waals surface area contributed by atoms with Gasteiger partial charge in [-0.2, -0.15) is 0 Å². The average molecular weight is 323 g/mol. The van der Waals surface area contributed by atoms with Crippen molar-refractivity contribution in [2.24, 2.45) is 0 Å². The van der Waals surface area contributed by atoms with Crippen LogP contribution in [0.5, 0.6) is 0 Å². The second-order valence-corrected chi connectivity index (χ2v) is 6.77. The van der Waals surface area contributed by atoms with E-state index in [0.29, 0.717) is 11.3 Å². The average Bonchev–Trinajstić information content (AvgIpc) is 3.06. The van der Waals surface area contributed by atoms with E-state index >= 15 is 0 Å². The van der Waals surface area contributed by atoms with Gasteiger partial charge < -0.3 is 4.90 Å². The van der Waals surface area contributed by atoms with Gasteiger partial charge in [0.2, 0.25) is 0 Å². The molecule has 1 fully saturated rings. The molecule has 3 heterocycles. The Morgan fingerprint density at radius 1 is 1.04 bits per heavy atom. The number of rotatable bonds is 2. The molecule has 0 bridgehead atoms. The van der Waals surface area contributed by atoms with Crippen molar-refractivity contribution in [1.29, 1.82) is 0 Å². The van der Waals surface area contributed by atoms with E-state index in [-0.39, 0.29) is 5.91 Å². The standard InChI is InChI=1S/C18H17N3OS/c22-18(21-11-4-1-5-12-21)13-7-6-10-19-16(13)17-20-14-8-2-3-9-15(14)23-17/h2-3,6-10H,1,4-5,11-12H2. The fraction of sp³-hybridized carbons (Fsp3) is 0.278. The SMILES string of the molecule is O=C(c1cccnc1-c1nc2ccccc2s1)N1CCCCC1. The Morgan fingerprint density at radius 3 is 2.70 bits per heavy atom. The molecule has 0 radical (unpaired) electrons. The second-order valence-electron chi connectivity index (χ2n) is 5.74. The number of hydrogen-bond donors (Lipinski definition) is 0. The summed E-state index contributed by atoms with van der Waals surface area (Å²) in [7, 11) is 0. The Labute approximate surface area is 138 Å². The zero-order valence-electron chi connectivity index (χ0n) is 12.7. The minimum atomic E-state index is 0.0760. The van der Waals surface area contributed by atoms with Gasteiger partial charge >= 0.3 is 0 Å². The van der Waals surface area contributed by atoms with E-state index in [4.69, 9.17) is 0 Å². The Kier molecular flexibility index (Phi) is 3.79. The number of amides is 1. The van der Waals surface area contributed by atoms with E-state index < -0.39 is 0 Å². The first-order valence-electron chi connectivity index (χ1n) is 7.93. The van der Waals surface area contributed by atoms with Crippen LogP contribution < -0.4 is 0 Å². The number of piperidine rings is 1. The summed E-state index contributed by atoms with van der Waals surface area (Å²) in [5, 5.41) is 0.812. The van der Waals surface area contributed by atoms with Gasteiger partial charge in [-0.05, 0) is 43.5 Å². The van der Waals surface area contributed by atoms with E-state index in [1.54, 1.807) is 17.5 Å². The molecule has 0 aliphatic carbocycles. The predicted octanol–water partition coefficient (Wildman–Crippen LogP) is 3.98. The lowest BCUT2D eigenvalue weighted by atomic mass is 10.1. The summed E-state index contributed by atoms with van der Waals surface area (Å²) < 4.78 is 1.12. The maximum absolute atomic E-state index is 12.9. The third-order valence-corrected chi connectivity index (χ3v) is 5.22. The summed E-state index contributed by atoms with van der Waals surface area (Å²) in [6, 6.07) is 11.7. The van der Waals surface area contributed by atoms with Gasteiger partial charge in [0.1, 0.15) is 10.7 Å². The van der Waals surface area contributed by atoms with Crippen molar-refractivity contribution in [3.63, 3.8) is 0 Å². The van der Waals surface area contributed by atoms with Crippen LogP contribution in [0.4, 0.5) is 0 Å². The predicted molar refractivity (Wildman–Crippen MR) is 92.6 cm³/mol. The number of carbonyl (C=O) groups excluding carboxylic acids is 1. The van der Waals surface area contributed by atoms with Gasteiger partial charge in [0.15, 0.2) is 0 Å². The quantitative estimate of drug-likeness (QED) is 0.716. The molecule has 0 N–H and O–H groups in total. The first-order valence-corrected chi connectivity index (χ1v) is 8.75. The van der Waals surface area contributed by atoms with E-state index in [9.17, 15) is 4.79 Å². The first kappa shape index (κ1) is 14.3. The number of aromatic nitrogens is 2. The Hall–Kier alpha value is -2.27. The molecule has 4 nitrogen and oxygen atoms in total. The molecule has 2 aromatic heterocycles. The van der Waals surface area contributed by atoms with Crippen LogP contribution in [-0.4, -0.2) is 33.9 Å². The van der Waals surface area contributed by atoms with Crippen LogP contribution in [0, 0.1) is 0 Å². The van der Waals surface area contributed by atoms with Gasteiger partial charge in [-0.25, -0.2) is 4.98 Å². The maximum atomic E-state index is 12.9. The van der Waals surface area contributed by atoms with Crippen molar-refractivity contribution in [3.8, 4) is 10.7 Å². The van der Waals surface area contributed by atoms with Crippen LogP contribution in [0.3, 0.4) is 0 Å². The van der Waals surface area contributed by atoms with Crippen LogP contribution in [0.25, 0.3) is 20.9 Å². The normalized spacial score (nSPS) is 15.0. The van der Waals surface area contributed by atoms with Gasteiger partial charge in [-0.15, -0.1) is 11.3 Å². The molecule has 4 rings (SSSR count). The van der Waals surface area contributed by atoms with Crippen molar-refractivity contribution in [2.45, 2.75) is 19.3 Å². The zero-order chi connectivity index (χ0) is 15.6. The molecule has 1 saturated heterocycles. The number of fused-ring (bicyclic) bond motifs is 1. The number of likely N-dealkylation sites (tertiary alicyclic amines) is 1. The van der Waals surface area contributed by atoms with E-state index in [0.717, 1.165) is 41.2 Å². The molecule has 1 aromatic carbocycles. The molecule has 1 amide bonds. The number of benzene rings is 1. The van der Waals surface area contributed by atoms with Gasteiger partial charge in [-0.1, -0.05) is 12.1 Å². The lowest BCUT2D eigenvalue weighted by molar-refractivity contribution is 0.0725. The maximum Gasteiger partial charge on any atom is 0.256 e. The molecule has 1 aliphatic heterocycles. The highest BCUT2D eigenvalue weighted by molar-refractivity contribution is 7.21. The fourth-order valence-corrected chi connectivity index (χ4v) is 3.97. The lowest BCUT2D eigenvalue weighted by Gasteiger charge is -2.27. The highest BCUT2D eigenvalue weighted by Gasteiger charge is 2.23. The van der Waals surface area contributed by atoms with Crippen LogP contribution in [0.2, 0.25) is 0 Å². The van der Waals surface area contributed by atoms with E-state index in [2.05, 4.69) is 9.97 Å². The van der Waals surface area contributed by atoms with Crippen LogP contribution >= 0.6 is 11.3 Å². The fourth-order valence-electron chi connectivity index (χ4n) is 2.99. The summed E-state index contributed by atoms with van der Waals surface area (Å²) in [6.07, 6.45) is 5.11. The van der Waals surface area contributed by atoms with Crippen molar-refractivity contribution in [2.75, 3.05) is 13.1 Å². The molecule has 3 aromatic rings. The summed E-state index contributed by atoms with van der Waals surface area (Å²) in [6.45, 7) is 1.68. The van der Waals surface area contributed by atoms with Crippen molar-refractivity contribution in [1.82, 2.24) is 14.9 Å². The van der Waals surface area contributed by atoms with E-state index in [1.165, 1.54) is 6.42 Å². The smallest absolute Gasteiger partial charge is 0.256 e. The number of pyridine rings is 1. The van der Waals surface area contributed by atoms with Crippen LogP contribution in [0.1, 0.15) is 29.6 Å². The molecule has 116 valence electrons. The molecular weight excluding hydrogens is 306 g/mol. The molecule has 1 aliphatic rings. The molecule has 0 unspecified atom stereocenters.